The number of carboxylic acid groups (broad SMARTS) is 1. The summed E-state index contributed by atoms with van der Waals surface area (Å²) in [5.41, 5.74) is 0. The van der Waals surface area contributed by atoms with Gasteiger partial charge in [-0.15, -0.1) is 11.8 Å². The minimum absolute atomic E-state index is 0.0723. The SMILES string of the molecule is COc1ccc(SCC(=O)NC(C(=O)O)C(C)O)cc1. The van der Waals surface area contributed by atoms with E-state index in [2.05, 4.69) is 5.32 Å². The van der Waals surface area contributed by atoms with Gasteiger partial charge in [0.05, 0.1) is 19.0 Å². The number of carbonyl (C=O) groups is 2. The maximum atomic E-state index is 11.6. The standard InChI is InChI=1S/C13H17NO5S/c1-8(15)12(13(17)18)14-11(16)7-20-10-5-3-9(19-2)4-6-10/h3-6,8,12,15H,7H2,1-2H3,(H,14,16)(H,17,18). The molecule has 0 aromatic heterocycles. The van der Waals surface area contributed by atoms with Gasteiger partial charge in [-0.2, -0.15) is 0 Å². The van der Waals surface area contributed by atoms with Crippen LogP contribution in [0.5, 0.6) is 5.75 Å². The van der Waals surface area contributed by atoms with Gasteiger partial charge in [0.25, 0.3) is 0 Å². The molecule has 2 unspecified atom stereocenters. The molecule has 0 saturated carbocycles. The first-order chi connectivity index (χ1) is 9.43. The maximum absolute atomic E-state index is 11.6. The number of hydrogen-bond acceptors (Lipinski definition) is 5. The molecule has 110 valence electrons. The third-order valence-corrected chi connectivity index (χ3v) is 3.51. The fourth-order valence-corrected chi connectivity index (χ4v) is 2.13. The van der Waals surface area contributed by atoms with Crippen LogP contribution in [0.4, 0.5) is 0 Å². The minimum Gasteiger partial charge on any atom is -0.497 e. The lowest BCUT2D eigenvalue weighted by atomic mass is 10.2. The van der Waals surface area contributed by atoms with Gasteiger partial charge in [-0.3, -0.25) is 4.79 Å². The highest BCUT2D eigenvalue weighted by molar-refractivity contribution is 8.00. The van der Waals surface area contributed by atoms with Crippen LogP contribution in [0.3, 0.4) is 0 Å². The summed E-state index contributed by atoms with van der Waals surface area (Å²) in [5, 5.41) is 20.4. The largest absolute Gasteiger partial charge is 0.497 e. The molecule has 1 aromatic carbocycles. The van der Waals surface area contributed by atoms with E-state index in [1.807, 2.05) is 0 Å². The fourth-order valence-electron chi connectivity index (χ4n) is 1.42. The molecule has 0 heterocycles. The highest BCUT2D eigenvalue weighted by atomic mass is 32.2. The summed E-state index contributed by atoms with van der Waals surface area (Å²) in [6, 6.07) is 5.87. The van der Waals surface area contributed by atoms with Crippen molar-refractivity contribution in [3.63, 3.8) is 0 Å². The van der Waals surface area contributed by atoms with E-state index in [-0.39, 0.29) is 5.75 Å². The molecule has 0 fully saturated rings. The van der Waals surface area contributed by atoms with Crippen LogP contribution in [-0.4, -0.2) is 47.1 Å². The Hall–Kier alpha value is -1.73. The summed E-state index contributed by atoms with van der Waals surface area (Å²) in [6.07, 6.45) is -1.15. The van der Waals surface area contributed by atoms with Crippen molar-refractivity contribution in [2.24, 2.45) is 0 Å². The van der Waals surface area contributed by atoms with Crippen LogP contribution in [0.2, 0.25) is 0 Å². The molecule has 0 aliphatic heterocycles. The summed E-state index contributed by atoms with van der Waals surface area (Å²) in [7, 11) is 1.57. The number of carboxylic acids is 1. The summed E-state index contributed by atoms with van der Waals surface area (Å²) >= 11 is 1.27. The van der Waals surface area contributed by atoms with Crippen molar-refractivity contribution >= 4 is 23.6 Å². The molecule has 2 atom stereocenters. The summed E-state index contributed by atoms with van der Waals surface area (Å²) < 4.78 is 5.02. The number of aliphatic hydroxyl groups is 1. The Kier molecular flexibility index (Phi) is 6.33. The van der Waals surface area contributed by atoms with Gasteiger partial charge in [0, 0.05) is 4.90 Å². The number of ether oxygens (including phenoxy) is 1. The number of carbonyl (C=O) groups excluding carboxylic acids is 1. The number of benzene rings is 1. The van der Waals surface area contributed by atoms with Crippen molar-refractivity contribution < 1.29 is 24.5 Å². The second-order valence-corrected chi connectivity index (χ2v) is 5.14. The van der Waals surface area contributed by atoms with Crippen molar-refractivity contribution in [2.75, 3.05) is 12.9 Å². The van der Waals surface area contributed by atoms with Crippen LogP contribution in [0.1, 0.15) is 6.92 Å². The molecule has 0 aliphatic carbocycles. The first-order valence-corrected chi connectivity index (χ1v) is 6.89. The van der Waals surface area contributed by atoms with Crippen molar-refractivity contribution in [1.82, 2.24) is 5.32 Å². The molecule has 0 spiro atoms. The highest BCUT2D eigenvalue weighted by Gasteiger charge is 2.24. The van der Waals surface area contributed by atoms with E-state index in [0.717, 1.165) is 10.6 Å². The molecule has 7 heteroatoms. The van der Waals surface area contributed by atoms with Gasteiger partial charge >= 0.3 is 5.97 Å². The third kappa shape index (κ3) is 5.10. The Bertz CT molecular complexity index is 460. The van der Waals surface area contributed by atoms with Crippen LogP contribution in [0.25, 0.3) is 0 Å². The van der Waals surface area contributed by atoms with E-state index in [4.69, 9.17) is 9.84 Å². The Morgan fingerprint density at radius 1 is 1.35 bits per heavy atom. The quantitative estimate of drug-likeness (QED) is 0.643. The van der Waals surface area contributed by atoms with Crippen LogP contribution >= 0.6 is 11.8 Å². The first kappa shape index (κ1) is 16.3. The summed E-state index contributed by atoms with van der Waals surface area (Å²) in [6.45, 7) is 1.32. The average Bonchev–Trinajstić information content (AvgIpc) is 2.42. The fraction of sp³-hybridized carbons (Fsp3) is 0.385. The highest BCUT2D eigenvalue weighted by Crippen LogP contribution is 2.20. The molecule has 0 saturated heterocycles. The van der Waals surface area contributed by atoms with E-state index in [9.17, 15) is 14.7 Å². The van der Waals surface area contributed by atoms with E-state index in [1.54, 1.807) is 31.4 Å². The molecular weight excluding hydrogens is 282 g/mol. The van der Waals surface area contributed by atoms with Crippen molar-refractivity contribution in [1.29, 1.82) is 0 Å². The molecule has 1 rings (SSSR count). The zero-order valence-electron chi connectivity index (χ0n) is 11.2. The number of hydrogen-bond donors (Lipinski definition) is 3. The molecular formula is C13H17NO5S. The molecule has 0 bridgehead atoms. The number of aliphatic hydroxyl groups excluding tert-OH is 1. The summed E-state index contributed by atoms with van der Waals surface area (Å²) in [5.74, 6) is -0.913. The third-order valence-electron chi connectivity index (χ3n) is 2.49. The van der Waals surface area contributed by atoms with Crippen molar-refractivity contribution in [3.8, 4) is 5.75 Å². The van der Waals surface area contributed by atoms with Crippen LogP contribution < -0.4 is 10.1 Å². The molecule has 20 heavy (non-hydrogen) atoms. The van der Waals surface area contributed by atoms with E-state index in [0.29, 0.717) is 0 Å². The van der Waals surface area contributed by atoms with Gasteiger partial charge < -0.3 is 20.3 Å². The first-order valence-electron chi connectivity index (χ1n) is 5.91. The van der Waals surface area contributed by atoms with Crippen molar-refractivity contribution in [3.05, 3.63) is 24.3 Å². The number of aliphatic carboxylic acids is 1. The summed E-state index contributed by atoms with van der Waals surface area (Å²) in [4.78, 5) is 23.3. The van der Waals surface area contributed by atoms with Gasteiger partial charge in [0.2, 0.25) is 5.91 Å². The number of amides is 1. The maximum Gasteiger partial charge on any atom is 0.328 e. The average molecular weight is 299 g/mol. The predicted molar refractivity (Wildman–Crippen MR) is 75.0 cm³/mol. The van der Waals surface area contributed by atoms with Crippen LogP contribution in [0, 0.1) is 0 Å². The smallest absolute Gasteiger partial charge is 0.328 e. The van der Waals surface area contributed by atoms with Crippen molar-refractivity contribution in [2.45, 2.75) is 24.0 Å². The lowest BCUT2D eigenvalue weighted by Gasteiger charge is -2.16. The van der Waals surface area contributed by atoms with Gasteiger partial charge in [-0.25, -0.2) is 4.79 Å². The predicted octanol–water partition coefficient (Wildman–Crippen LogP) is 0.737. The number of rotatable bonds is 7. The number of methoxy groups -OCH3 is 1. The zero-order chi connectivity index (χ0) is 15.1. The number of thioether (sulfide) groups is 1. The Morgan fingerprint density at radius 2 is 1.95 bits per heavy atom. The lowest BCUT2D eigenvalue weighted by Crippen LogP contribution is -2.48. The van der Waals surface area contributed by atoms with E-state index >= 15 is 0 Å². The van der Waals surface area contributed by atoms with E-state index < -0.39 is 24.0 Å². The second-order valence-electron chi connectivity index (χ2n) is 4.09. The topological polar surface area (TPSA) is 95.9 Å². The second kappa shape index (κ2) is 7.76. The monoisotopic (exact) mass is 299 g/mol. The van der Waals surface area contributed by atoms with Gasteiger partial charge in [0.1, 0.15) is 5.75 Å². The minimum atomic E-state index is -1.29. The Morgan fingerprint density at radius 3 is 2.40 bits per heavy atom. The van der Waals surface area contributed by atoms with Gasteiger partial charge in [-0.1, -0.05) is 0 Å². The van der Waals surface area contributed by atoms with E-state index in [1.165, 1.54) is 18.7 Å². The van der Waals surface area contributed by atoms with Gasteiger partial charge in [-0.05, 0) is 31.2 Å². The van der Waals surface area contributed by atoms with Crippen LogP contribution in [-0.2, 0) is 9.59 Å². The van der Waals surface area contributed by atoms with Gasteiger partial charge in [0.15, 0.2) is 6.04 Å². The molecule has 3 N–H and O–H groups in total. The number of nitrogens with one attached hydrogen (secondary N) is 1. The lowest BCUT2D eigenvalue weighted by molar-refractivity contribution is -0.144. The molecule has 6 nitrogen and oxygen atoms in total. The van der Waals surface area contributed by atoms with Crippen LogP contribution in [0.15, 0.2) is 29.2 Å². The Labute approximate surface area is 121 Å². The molecule has 0 radical (unpaired) electrons. The molecule has 1 aromatic rings. The zero-order valence-corrected chi connectivity index (χ0v) is 12.0. The molecule has 1 amide bonds. The Balaban J connectivity index is 2.47. The molecule has 0 aliphatic rings. The normalized spacial score (nSPS) is 13.3.